The Morgan fingerprint density at radius 1 is 1.10 bits per heavy atom. The Bertz CT molecular complexity index is 672. The predicted molar refractivity (Wildman–Crippen MR) is 87.3 cm³/mol. The van der Waals surface area contributed by atoms with Gasteiger partial charge in [-0.3, -0.25) is 4.79 Å². The standard InChI is InChI=1S/C18H22N2O/c1-18(9-5-2-6-10-18)20-17(21)15-11-13-7-3-4-8-14(13)12-16(15)19/h3-4,7-8,11-12H,2,5-6,9-10,19H2,1H3,(H,20,21). The Balaban J connectivity index is 1.88. The highest BCUT2D eigenvalue weighted by Gasteiger charge is 2.29. The third-order valence-corrected chi connectivity index (χ3v) is 4.53. The lowest BCUT2D eigenvalue weighted by atomic mass is 9.83. The summed E-state index contributed by atoms with van der Waals surface area (Å²) in [6.45, 7) is 2.14. The van der Waals surface area contributed by atoms with Gasteiger partial charge in [0.15, 0.2) is 0 Å². The van der Waals surface area contributed by atoms with E-state index >= 15 is 0 Å². The van der Waals surface area contributed by atoms with Crippen LogP contribution in [0.5, 0.6) is 0 Å². The van der Waals surface area contributed by atoms with E-state index < -0.39 is 0 Å². The molecule has 2 aromatic rings. The second-order valence-electron chi connectivity index (χ2n) is 6.36. The van der Waals surface area contributed by atoms with Gasteiger partial charge >= 0.3 is 0 Å². The van der Waals surface area contributed by atoms with Crippen LogP contribution in [0.4, 0.5) is 5.69 Å². The van der Waals surface area contributed by atoms with Crippen molar-refractivity contribution in [3.05, 3.63) is 42.0 Å². The first-order valence-corrected chi connectivity index (χ1v) is 7.68. The van der Waals surface area contributed by atoms with Gasteiger partial charge < -0.3 is 11.1 Å². The van der Waals surface area contributed by atoms with Gasteiger partial charge in [-0.2, -0.15) is 0 Å². The van der Waals surface area contributed by atoms with E-state index in [1.54, 1.807) is 0 Å². The topological polar surface area (TPSA) is 55.1 Å². The van der Waals surface area contributed by atoms with Crippen LogP contribution in [0.3, 0.4) is 0 Å². The summed E-state index contributed by atoms with van der Waals surface area (Å²) in [5.41, 5.74) is 7.12. The normalized spacial score (nSPS) is 17.6. The van der Waals surface area contributed by atoms with Gasteiger partial charge in [-0.05, 0) is 42.7 Å². The molecule has 1 aliphatic carbocycles. The van der Waals surface area contributed by atoms with Crippen LogP contribution in [0.1, 0.15) is 49.4 Å². The number of rotatable bonds is 2. The summed E-state index contributed by atoms with van der Waals surface area (Å²) in [7, 11) is 0. The Kier molecular flexibility index (Phi) is 3.58. The molecule has 2 aromatic carbocycles. The van der Waals surface area contributed by atoms with E-state index in [4.69, 9.17) is 5.73 Å². The Morgan fingerprint density at radius 2 is 1.71 bits per heavy atom. The molecule has 110 valence electrons. The Labute approximate surface area is 125 Å². The van der Waals surface area contributed by atoms with Crippen molar-refractivity contribution in [3.63, 3.8) is 0 Å². The molecule has 21 heavy (non-hydrogen) atoms. The summed E-state index contributed by atoms with van der Waals surface area (Å²) >= 11 is 0. The van der Waals surface area contributed by atoms with Crippen LogP contribution >= 0.6 is 0 Å². The maximum Gasteiger partial charge on any atom is 0.253 e. The van der Waals surface area contributed by atoms with Crippen molar-refractivity contribution in [2.75, 3.05) is 5.73 Å². The van der Waals surface area contributed by atoms with Crippen molar-refractivity contribution in [2.24, 2.45) is 0 Å². The number of nitrogens with one attached hydrogen (secondary N) is 1. The maximum atomic E-state index is 12.6. The maximum absolute atomic E-state index is 12.6. The lowest BCUT2D eigenvalue weighted by Gasteiger charge is -2.34. The molecule has 1 saturated carbocycles. The van der Waals surface area contributed by atoms with Crippen LogP contribution in [-0.2, 0) is 0 Å². The second-order valence-corrected chi connectivity index (χ2v) is 6.36. The van der Waals surface area contributed by atoms with Crippen molar-refractivity contribution < 1.29 is 4.79 Å². The summed E-state index contributed by atoms with van der Waals surface area (Å²) in [4.78, 5) is 12.6. The molecule has 0 aliphatic heterocycles. The number of hydrogen-bond donors (Lipinski definition) is 2. The fraction of sp³-hybridized carbons (Fsp3) is 0.389. The monoisotopic (exact) mass is 282 g/mol. The third kappa shape index (κ3) is 2.87. The van der Waals surface area contributed by atoms with E-state index in [-0.39, 0.29) is 11.4 Å². The van der Waals surface area contributed by atoms with Crippen LogP contribution in [-0.4, -0.2) is 11.4 Å². The molecule has 0 heterocycles. The molecular formula is C18H22N2O. The molecule has 3 N–H and O–H groups in total. The zero-order chi connectivity index (χ0) is 14.9. The largest absolute Gasteiger partial charge is 0.398 e. The highest BCUT2D eigenvalue weighted by Crippen LogP contribution is 2.29. The average Bonchev–Trinajstić information content (AvgIpc) is 2.46. The van der Waals surface area contributed by atoms with Gasteiger partial charge in [0, 0.05) is 11.2 Å². The van der Waals surface area contributed by atoms with Crippen molar-refractivity contribution in [1.29, 1.82) is 0 Å². The van der Waals surface area contributed by atoms with Gasteiger partial charge in [0.1, 0.15) is 0 Å². The van der Waals surface area contributed by atoms with Gasteiger partial charge in [-0.25, -0.2) is 0 Å². The molecule has 1 aliphatic rings. The summed E-state index contributed by atoms with van der Waals surface area (Å²) in [6, 6.07) is 11.7. The summed E-state index contributed by atoms with van der Waals surface area (Å²) in [5.74, 6) is -0.0531. The van der Waals surface area contributed by atoms with Crippen LogP contribution < -0.4 is 11.1 Å². The molecule has 0 saturated heterocycles. The summed E-state index contributed by atoms with van der Waals surface area (Å²) in [5, 5.41) is 5.31. The molecule has 0 spiro atoms. The zero-order valence-corrected chi connectivity index (χ0v) is 12.5. The van der Waals surface area contributed by atoms with E-state index in [9.17, 15) is 4.79 Å². The Morgan fingerprint density at radius 3 is 2.38 bits per heavy atom. The van der Waals surface area contributed by atoms with Crippen molar-refractivity contribution in [2.45, 2.75) is 44.6 Å². The van der Waals surface area contributed by atoms with E-state index in [1.807, 2.05) is 36.4 Å². The van der Waals surface area contributed by atoms with Crippen LogP contribution in [0.2, 0.25) is 0 Å². The molecule has 0 aromatic heterocycles. The minimum atomic E-state index is -0.0899. The molecule has 3 rings (SSSR count). The Hall–Kier alpha value is -2.03. The smallest absolute Gasteiger partial charge is 0.253 e. The molecule has 3 heteroatoms. The van der Waals surface area contributed by atoms with E-state index in [1.165, 1.54) is 19.3 Å². The lowest BCUT2D eigenvalue weighted by molar-refractivity contribution is 0.0884. The fourth-order valence-electron chi connectivity index (χ4n) is 3.25. The van der Waals surface area contributed by atoms with Crippen molar-refractivity contribution >= 4 is 22.4 Å². The predicted octanol–water partition coefficient (Wildman–Crippen LogP) is 3.87. The number of carbonyl (C=O) groups excluding carboxylic acids is 1. The zero-order valence-electron chi connectivity index (χ0n) is 12.5. The minimum absolute atomic E-state index is 0.0531. The first kappa shape index (κ1) is 13.9. The summed E-state index contributed by atoms with van der Waals surface area (Å²) < 4.78 is 0. The van der Waals surface area contributed by atoms with Gasteiger partial charge in [-0.1, -0.05) is 43.5 Å². The number of amides is 1. The van der Waals surface area contributed by atoms with Gasteiger partial charge in [-0.15, -0.1) is 0 Å². The van der Waals surface area contributed by atoms with Crippen molar-refractivity contribution in [3.8, 4) is 0 Å². The number of hydrogen-bond acceptors (Lipinski definition) is 2. The minimum Gasteiger partial charge on any atom is -0.398 e. The fourth-order valence-corrected chi connectivity index (χ4v) is 3.25. The number of nitrogens with two attached hydrogens (primary N) is 1. The molecule has 3 nitrogen and oxygen atoms in total. The van der Waals surface area contributed by atoms with Crippen molar-refractivity contribution in [1.82, 2.24) is 5.32 Å². The first-order valence-electron chi connectivity index (χ1n) is 7.68. The third-order valence-electron chi connectivity index (χ3n) is 4.53. The van der Waals surface area contributed by atoms with E-state index in [0.717, 1.165) is 23.6 Å². The van der Waals surface area contributed by atoms with E-state index in [0.29, 0.717) is 11.3 Å². The second kappa shape index (κ2) is 5.40. The van der Waals surface area contributed by atoms with Crippen LogP contribution in [0.15, 0.2) is 36.4 Å². The van der Waals surface area contributed by atoms with Gasteiger partial charge in [0.2, 0.25) is 0 Å². The first-order chi connectivity index (χ1) is 10.1. The van der Waals surface area contributed by atoms with Gasteiger partial charge in [0.25, 0.3) is 5.91 Å². The lowest BCUT2D eigenvalue weighted by Crippen LogP contribution is -2.47. The van der Waals surface area contributed by atoms with Crippen LogP contribution in [0.25, 0.3) is 10.8 Å². The quantitative estimate of drug-likeness (QED) is 0.821. The summed E-state index contributed by atoms with van der Waals surface area (Å²) in [6.07, 6.45) is 5.73. The number of fused-ring (bicyclic) bond motifs is 1. The molecule has 0 atom stereocenters. The number of benzene rings is 2. The molecule has 0 unspecified atom stereocenters. The van der Waals surface area contributed by atoms with Gasteiger partial charge in [0.05, 0.1) is 5.56 Å². The SMILES string of the molecule is CC1(NC(=O)c2cc3ccccc3cc2N)CCCCC1. The van der Waals surface area contributed by atoms with E-state index in [2.05, 4.69) is 12.2 Å². The highest BCUT2D eigenvalue weighted by atomic mass is 16.1. The molecule has 0 radical (unpaired) electrons. The molecular weight excluding hydrogens is 260 g/mol. The molecule has 0 bridgehead atoms. The highest BCUT2D eigenvalue weighted by molar-refractivity contribution is 6.04. The molecule has 1 amide bonds. The number of nitrogen functional groups attached to an aromatic ring is 1. The number of anilines is 1. The van der Waals surface area contributed by atoms with Crippen LogP contribution in [0, 0.1) is 0 Å². The average molecular weight is 282 g/mol. The molecule has 1 fully saturated rings. The number of carbonyl (C=O) groups is 1.